The summed E-state index contributed by atoms with van der Waals surface area (Å²) in [6.45, 7) is 3.77. The lowest BCUT2D eigenvalue weighted by Gasteiger charge is -2.23. The number of nitrogens with one attached hydrogen (secondary N) is 1. The lowest BCUT2D eigenvalue weighted by molar-refractivity contribution is 0.185. The Kier molecular flexibility index (Phi) is 2.19. The molecule has 1 aliphatic rings. The first-order valence-electron chi connectivity index (χ1n) is 4.55. The molecule has 1 atom stereocenters. The van der Waals surface area contributed by atoms with Gasteiger partial charge >= 0.3 is 0 Å². The molecule has 3 heteroatoms. The van der Waals surface area contributed by atoms with E-state index < -0.39 is 0 Å². The number of anilines is 1. The van der Waals surface area contributed by atoms with Crippen molar-refractivity contribution < 1.29 is 4.74 Å². The van der Waals surface area contributed by atoms with Gasteiger partial charge in [0.25, 0.3) is 0 Å². The molecule has 2 heterocycles. The molecule has 1 unspecified atom stereocenters. The molecule has 0 radical (unpaired) electrons. The smallest absolute Gasteiger partial charge is 0.126 e. The number of rotatable bonds is 2. The monoisotopic (exact) mass is 178 g/mol. The molecule has 13 heavy (non-hydrogen) atoms. The van der Waals surface area contributed by atoms with Crippen LogP contribution in [-0.2, 0) is 4.74 Å². The number of nitrogens with zero attached hydrogens (tertiary/aromatic N) is 1. The molecule has 0 amide bonds. The van der Waals surface area contributed by atoms with Gasteiger partial charge in [-0.15, -0.1) is 0 Å². The Morgan fingerprint density at radius 3 is 3.08 bits per heavy atom. The molecule has 2 rings (SSSR count). The van der Waals surface area contributed by atoms with Gasteiger partial charge in [-0.05, 0) is 25.5 Å². The summed E-state index contributed by atoms with van der Waals surface area (Å²) in [6, 6.07) is 5.87. The van der Waals surface area contributed by atoms with Gasteiger partial charge < -0.3 is 10.1 Å². The van der Waals surface area contributed by atoms with Crippen LogP contribution in [0.15, 0.2) is 24.4 Å². The fourth-order valence-corrected chi connectivity index (χ4v) is 1.51. The zero-order valence-electron chi connectivity index (χ0n) is 7.79. The standard InChI is InChI=1S/C10H14N2O/c1-10(5-7-13-8-10)12-9-4-2-3-6-11-9/h2-4,6H,5,7-8H2,1H3,(H,11,12). The number of hydrogen-bond acceptors (Lipinski definition) is 3. The van der Waals surface area contributed by atoms with Gasteiger partial charge in [0.05, 0.1) is 12.1 Å². The van der Waals surface area contributed by atoms with E-state index in [1.165, 1.54) is 0 Å². The van der Waals surface area contributed by atoms with Crippen LogP contribution in [0.2, 0.25) is 0 Å². The fraction of sp³-hybridized carbons (Fsp3) is 0.500. The Labute approximate surface area is 78.1 Å². The second-order valence-corrected chi connectivity index (χ2v) is 3.70. The molecule has 1 saturated heterocycles. The SMILES string of the molecule is CC1(Nc2ccccn2)CCOC1. The van der Waals surface area contributed by atoms with E-state index in [0.29, 0.717) is 0 Å². The molecule has 1 aromatic rings. The molecule has 1 fully saturated rings. The molecule has 70 valence electrons. The summed E-state index contributed by atoms with van der Waals surface area (Å²) in [5.41, 5.74) is 0.0638. The first-order chi connectivity index (χ1) is 6.29. The van der Waals surface area contributed by atoms with Crippen molar-refractivity contribution in [2.75, 3.05) is 18.5 Å². The summed E-state index contributed by atoms with van der Waals surface area (Å²) in [5.74, 6) is 0.926. The average Bonchev–Trinajstić information content (AvgIpc) is 2.54. The lowest BCUT2D eigenvalue weighted by Crippen LogP contribution is -2.35. The third kappa shape index (κ3) is 1.98. The minimum absolute atomic E-state index is 0.0638. The fourth-order valence-electron chi connectivity index (χ4n) is 1.51. The van der Waals surface area contributed by atoms with Crippen LogP contribution < -0.4 is 5.32 Å². The van der Waals surface area contributed by atoms with Crippen LogP contribution in [0.1, 0.15) is 13.3 Å². The van der Waals surface area contributed by atoms with E-state index in [9.17, 15) is 0 Å². The third-order valence-electron chi connectivity index (χ3n) is 2.31. The predicted molar refractivity (Wildman–Crippen MR) is 51.7 cm³/mol. The van der Waals surface area contributed by atoms with Gasteiger partial charge in [-0.25, -0.2) is 4.98 Å². The predicted octanol–water partition coefficient (Wildman–Crippen LogP) is 1.67. The lowest BCUT2D eigenvalue weighted by atomic mass is 10.0. The normalized spacial score (nSPS) is 27.5. The molecule has 0 aliphatic carbocycles. The maximum absolute atomic E-state index is 5.34. The largest absolute Gasteiger partial charge is 0.379 e. The highest BCUT2D eigenvalue weighted by Gasteiger charge is 2.29. The molecule has 1 N–H and O–H groups in total. The van der Waals surface area contributed by atoms with Crippen LogP contribution in [0.5, 0.6) is 0 Å². The minimum Gasteiger partial charge on any atom is -0.379 e. The summed E-state index contributed by atoms with van der Waals surface area (Å²) in [4.78, 5) is 4.22. The quantitative estimate of drug-likeness (QED) is 0.748. The van der Waals surface area contributed by atoms with Gasteiger partial charge in [-0.2, -0.15) is 0 Å². The van der Waals surface area contributed by atoms with Crippen LogP contribution in [0.25, 0.3) is 0 Å². The Balaban J connectivity index is 2.05. The summed E-state index contributed by atoms with van der Waals surface area (Å²) in [5, 5.41) is 3.38. The van der Waals surface area contributed by atoms with Crippen molar-refractivity contribution in [3.63, 3.8) is 0 Å². The maximum Gasteiger partial charge on any atom is 0.126 e. The van der Waals surface area contributed by atoms with Crippen molar-refractivity contribution in [1.29, 1.82) is 0 Å². The molecular formula is C10H14N2O. The summed E-state index contributed by atoms with van der Waals surface area (Å²) < 4.78 is 5.34. The van der Waals surface area contributed by atoms with Gasteiger partial charge in [0.2, 0.25) is 0 Å². The number of pyridine rings is 1. The van der Waals surface area contributed by atoms with Crippen LogP contribution in [-0.4, -0.2) is 23.7 Å². The molecule has 3 nitrogen and oxygen atoms in total. The summed E-state index contributed by atoms with van der Waals surface area (Å²) in [7, 11) is 0. The first-order valence-corrected chi connectivity index (χ1v) is 4.55. The molecule has 1 aromatic heterocycles. The summed E-state index contributed by atoms with van der Waals surface area (Å²) >= 11 is 0. The van der Waals surface area contributed by atoms with Crippen LogP contribution in [0.4, 0.5) is 5.82 Å². The van der Waals surface area contributed by atoms with Crippen molar-refractivity contribution in [1.82, 2.24) is 4.98 Å². The molecule has 0 saturated carbocycles. The van der Waals surface area contributed by atoms with Crippen molar-refractivity contribution in [2.45, 2.75) is 18.9 Å². The van der Waals surface area contributed by atoms with Crippen LogP contribution >= 0.6 is 0 Å². The molecule has 0 aromatic carbocycles. The topological polar surface area (TPSA) is 34.2 Å². The van der Waals surface area contributed by atoms with E-state index >= 15 is 0 Å². The number of ether oxygens (including phenoxy) is 1. The number of aromatic nitrogens is 1. The zero-order valence-corrected chi connectivity index (χ0v) is 7.79. The van der Waals surface area contributed by atoms with E-state index in [0.717, 1.165) is 25.5 Å². The highest BCUT2D eigenvalue weighted by atomic mass is 16.5. The molecular weight excluding hydrogens is 164 g/mol. The van der Waals surface area contributed by atoms with Crippen molar-refractivity contribution in [3.8, 4) is 0 Å². The van der Waals surface area contributed by atoms with E-state index in [2.05, 4.69) is 17.2 Å². The number of hydrogen-bond donors (Lipinski definition) is 1. The highest BCUT2D eigenvalue weighted by Crippen LogP contribution is 2.22. The highest BCUT2D eigenvalue weighted by molar-refractivity contribution is 5.37. The van der Waals surface area contributed by atoms with Gasteiger partial charge in [-0.3, -0.25) is 0 Å². The van der Waals surface area contributed by atoms with Gasteiger partial charge in [-0.1, -0.05) is 6.07 Å². The third-order valence-corrected chi connectivity index (χ3v) is 2.31. The Morgan fingerprint density at radius 2 is 2.46 bits per heavy atom. The van der Waals surface area contributed by atoms with E-state index in [1.54, 1.807) is 6.20 Å². The van der Waals surface area contributed by atoms with Crippen molar-refractivity contribution in [2.24, 2.45) is 0 Å². The maximum atomic E-state index is 5.34. The molecule has 0 spiro atoms. The minimum atomic E-state index is 0.0638. The Hall–Kier alpha value is -1.09. The van der Waals surface area contributed by atoms with Gasteiger partial charge in [0.15, 0.2) is 0 Å². The Bertz CT molecular complexity index is 268. The molecule has 1 aliphatic heterocycles. The van der Waals surface area contributed by atoms with E-state index in [-0.39, 0.29) is 5.54 Å². The van der Waals surface area contributed by atoms with Crippen LogP contribution in [0.3, 0.4) is 0 Å². The van der Waals surface area contributed by atoms with E-state index in [4.69, 9.17) is 4.74 Å². The van der Waals surface area contributed by atoms with Gasteiger partial charge in [0, 0.05) is 12.8 Å². The first kappa shape index (κ1) is 8.51. The van der Waals surface area contributed by atoms with E-state index in [1.807, 2.05) is 18.2 Å². The second-order valence-electron chi connectivity index (χ2n) is 3.70. The Morgan fingerprint density at radius 1 is 1.54 bits per heavy atom. The van der Waals surface area contributed by atoms with Crippen molar-refractivity contribution >= 4 is 5.82 Å². The van der Waals surface area contributed by atoms with Crippen LogP contribution in [0, 0.1) is 0 Å². The average molecular weight is 178 g/mol. The summed E-state index contributed by atoms with van der Waals surface area (Å²) in [6.07, 6.45) is 2.84. The second kappa shape index (κ2) is 3.34. The zero-order chi connectivity index (χ0) is 9.15. The van der Waals surface area contributed by atoms with Crippen molar-refractivity contribution in [3.05, 3.63) is 24.4 Å². The van der Waals surface area contributed by atoms with Gasteiger partial charge in [0.1, 0.15) is 5.82 Å². The molecule has 0 bridgehead atoms.